The molecule has 3 heteroatoms. The number of esters is 1. The van der Waals surface area contributed by atoms with Gasteiger partial charge in [0.2, 0.25) is 0 Å². The summed E-state index contributed by atoms with van der Waals surface area (Å²) in [5.41, 5.74) is 5.42. The molecule has 0 saturated heterocycles. The highest BCUT2D eigenvalue weighted by molar-refractivity contribution is 5.72. The lowest BCUT2D eigenvalue weighted by Crippen LogP contribution is -2.26. The number of carbonyl (C=O) groups is 1. The maximum Gasteiger partial charge on any atom is 0.308 e. The van der Waals surface area contributed by atoms with Gasteiger partial charge < -0.3 is 10.5 Å². The van der Waals surface area contributed by atoms with Crippen molar-refractivity contribution in [2.24, 2.45) is 17.6 Å². The minimum atomic E-state index is -0.0343. The Kier molecular flexibility index (Phi) is 5.81. The van der Waals surface area contributed by atoms with Gasteiger partial charge in [0.25, 0.3) is 0 Å². The molecule has 2 N–H and O–H groups in total. The highest BCUT2D eigenvalue weighted by Crippen LogP contribution is 2.26. The first-order valence-corrected chi connectivity index (χ1v) is 6.54. The molecule has 0 aromatic rings. The van der Waals surface area contributed by atoms with Gasteiger partial charge in [0.1, 0.15) is 6.10 Å². The lowest BCUT2D eigenvalue weighted by atomic mass is 9.89. The van der Waals surface area contributed by atoms with E-state index < -0.39 is 0 Å². The third-order valence-electron chi connectivity index (χ3n) is 3.49. The lowest BCUT2D eigenvalue weighted by Gasteiger charge is -2.27. The van der Waals surface area contributed by atoms with Gasteiger partial charge in [-0.2, -0.15) is 0 Å². The van der Waals surface area contributed by atoms with Crippen molar-refractivity contribution in [2.45, 2.75) is 58.5 Å². The van der Waals surface area contributed by atoms with Crippen LogP contribution in [0.5, 0.6) is 0 Å². The van der Waals surface area contributed by atoms with Crippen molar-refractivity contribution in [3.63, 3.8) is 0 Å². The van der Waals surface area contributed by atoms with Gasteiger partial charge >= 0.3 is 5.97 Å². The average Bonchev–Trinajstić information content (AvgIpc) is 2.29. The van der Waals surface area contributed by atoms with E-state index in [-0.39, 0.29) is 18.0 Å². The summed E-state index contributed by atoms with van der Waals surface area (Å²) in [5, 5.41) is 0. The number of nitrogens with two attached hydrogens (primary N) is 1. The maximum absolute atomic E-state index is 11.7. The zero-order chi connectivity index (χ0) is 12.0. The topological polar surface area (TPSA) is 52.3 Å². The molecule has 0 radical (unpaired) electrons. The van der Waals surface area contributed by atoms with Gasteiger partial charge in [0.15, 0.2) is 0 Å². The first-order chi connectivity index (χ1) is 7.63. The van der Waals surface area contributed by atoms with Crippen molar-refractivity contribution in [3.8, 4) is 0 Å². The molecule has 1 aliphatic rings. The van der Waals surface area contributed by atoms with Crippen LogP contribution in [-0.2, 0) is 9.53 Å². The Bertz CT molecular complexity index is 210. The van der Waals surface area contributed by atoms with Crippen molar-refractivity contribution < 1.29 is 9.53 Å². The second kappa shape index (κ2) is 6.89. The molecule has 1 rings (SSSR count). The van der Waals surface area contributed by atoms with E-state index in [9.17, 15) is 4.79 Å². The van der Waals surface area contributed by atoms with Crippen molar-refractivity contribution in [1.29, 1.82) is 0 Å². The molecule has 0 aromatic carbocycles. The molecular formula is C13H25NO2. The van der Waals surface area contributed by atoms with Crippen molar-refractivity contribution in [3.05, 3.63) is 0 Å². The van der Waals surface area contributed by atoms with E-state index in [1.54, 1.807) is 0 Å². The fourth-order valence-electron chi connectivity index (χ4n) is 2.17. The van der Waals surface area contributed by atoms with Crippen LogP contribution in [0.3, 0.4) is 0 Å². The summed E-state index contributed by atoms with van der Waals surface area (Å²) in [7, 11) is 0. The van der Waals surface area contributed by atoms with Crippen LogP contribution in [0.4, 0.5) is 0 Å². The predicted octanol–water partition coefficient (Wildman–Crippen LogP) is 2.48. The molecule has 16 heavy (non-hydrogen) atoms. The summed E-state index contributed by atoms with van der Waals surface area (Å²) in [5.74, 6) is 0.764. The largest absolute Gasteiger partial charge is 0.462 e. The molecule has 0 aliphatic heterocycles. The van der Waals surface area contributed by atoms with Crippen molar-refractivity contribution in [2.75, 3.05) is 6.54 Å². The van der Waals surface area contributed by atoms with Gasteiger partial charge in [0, 0.05) is 0 Å². The van der Waals surface area contributed by atoms with E-state index in [1.807, 2.05) is 6.92 Å². The highest BCUT2D eigenvalue weighted by atomic mass is 16.5. The Balaban J connectivity index is 2.22. The number of carbonyl (C=O) groups excluding carboxylic acids is 1. The molecular weight excluding hydrogens is 202 g/mol. The molecule has 0 heterocycles. The van der Waals surface area contributed by atoms with E-state index >= 15 is 0 Å². The van der Waals surface area contributed by atoms with E-state index in [4.69, 9.17) is 10.5 Å². The minimum Gasteiger partial charge on any atom is -0.462 e. The van der Waals surface area contributed by atoms with Crippen LogP contribution in [0, 0.1) is 11.8 Å². The van der Waals surface area contributed by atoms with Crippen LogP contribution >= 0.6 is 0 Å². The van der Waals surface area contributed by atoms with E-state index in [1.165, 1.54) is 12.8 Å². The standard InChI is InChI=1S/C13H25NO2/c1-10-5-7-12(8-6-10)16-13(15)11(2)4-3-9-14/h10-12H,3-9,14H2,1-2H3. The summed E-state index contributed by atoms with van der Waals surface area (Å²) in [6, 6.07) is 0. The molecule has 1 atom stereocenters. The molecule has 1 saturated carbocycles. The predicted molar refractivity (Wildman–Crippen MR) is 65.0 cm³/mol. The Labute approximate surface area is 98.7 Å². The Morgan fingerprint density at radius 3 is 2.56 bits per heavy atom. The molecule has 94 valence electrons. The van der Waals surface area contributed by atoms with Crippen LogP contribution in [0.25, 0.3) is 0 Å². The summed E-state index contributed by atoms with van der Waals surface area (Å²) >= 11 is 0. The van der Waals surface area contributed by atoms with Crippen molar-refractivity contribution in [1.82, 2.24) is 0 Å². The van der Waals surface area contributed by atoms with E-state index in [0.717, 1.165) is 31.6 Å². The fourth-order valence-corrected chi connectivity index (χ4v) is 2.17. The van der Waals surface area contributed by atoms with Gasteiger partial charge in [-0.3, -0.25) is 4.79 Å². The number of rotatable bonds is 5. The molecule has 1 aliphatic carbocycles. The van der Waals surface area contributed by atoms with E-state index in [2.05, 4.69) is 6.92 Å². The van der Waals surface area contributed by atoms with Gasteiger partial charge in [-0.15, -0.1) is 0 Å². The average molecular weight is 227 g/mol. The number of ether oxygens (including phenoxy) is 1. The van der Waals surface area contributed by atoms with Gasteiger partial charge in [-0.25, -0.2) is 0 Å². The maximum atomic E-state index is 11.7. The second-order valence-electron chi connectivity index (χ2n) is 5.15. The molecule has 1 fully saturated rings. The monoisotopic (exact) mass is 227 g/mol. The number of hydrogen-bond donors (Lipinski definition) is 1. The van der Waals surface area contributed by atoms with Crippen LogP contribution < -0.4 is 5.73 Å². The first-order valence-electron chi connectivity index (χ1n) is 6.54. The quantitative estimate of drug-likeness (QED) is 0.734. The summed E-state index contributed by atoms with van der Waals surface area (Å²) in [6.07, 6.45) is 6.37. The fraction of sp³-hybridized carbons (Fsp3) is 0.923. The first kappa shape index (κ1) is 13.5. The summed E-state index contributed by atoms with van der Waals surface area (Å²) in [4.78, 5) is 11.7. The lowest BCUT2D eigenvalue weighted by molar-refractivity contribution is -0.155. The second-order valence-corrected chi connectivity index (χ2v) is 5.15. The van der Waals surface area contributed by atoms with Crippen LogP contribution in [0.1, 0.15) is 52.4 Å². The molecule has 0 aromatic heterocycles. The van der Waals surface area contributed by atoms with Gasteiger partial charge in [-0.05, 0) is 51.0 Å². The molecule has 0 spiro atoms. The third-order valence-corrected chi connectivity index (χ3v) is 3.49. The molecule has 1 unspecified atom stereocenters. The number of hydrogen-bond acceptors (Lipinski definition) is 3. The van der Waals surface area contributed by atoms with Crippen LogP contribution in [-0.4, -0.2) is 18.6 Å². The van der Waals surface area contributed by atoms with Crippen LogP contribution in [0.2, 0.25) is 0 Å². The van der Waals surface area contributed by atoms with Crippen LogP contribution in [0.15, 0.2) is 0 Å². The zero-order valence-corrected chi connectivity index (χ0v) is 10.6. The Morgan fingerprint density at radius 2 is 2.00 bits per heavy atom. The SMILES string of the molecule is CC1CCC(OC(=O)C(C)CCCN)CC1. The summed E-state index contributed by atoms with van der Waals surface area (Å²) < 4.78 is 5.52. The van der Waals surface area contributed by atoms with Gasteiger partial charge in [0.05, 0.1) is 5.92 Å². The highest BCUT2D eigenvalue weighted by Gasteiger charge is 2.23. The Hall–Kier alpha value is -0.570. The third kappa shape index (κ3) is 4.52. The summed E-state index contributed by atoms with van der Waals surface area (Å²) in [6.45, 7) is 4.85. The molecule has 0 amide bonds. The van der Waals surface area contributed by atoms with Crippen molar-refractivity contribution >= 4 is 5.97 Å². The minimum absolute atomic E-state index is 0.00269. The molecule has 0 bridgehead atoms. The zero-order valence-electron chi connectivity index (χ0n) is 10.6. The van der Waals surface area contributed by atoms with E-state index in [0.29, 0.717) is 6.54 Å². The smallest absolute Gasteiger partial charge is 0.308 e. The van der Waals surface area contributed by atoms with Gasteiger partial charge in [-0.1, -0.05) is 13.8 Å². The normalized spacial score (nSPS) is 27.4. The Morgan fingerprint density at radius 1 is 1.38 bits per heavy atom. The molecule has 3 nitrogen and oxygen atoms in total.